The Balaban J connectivity index is 0.589. The number of amides is 6. The molecule has 6 amide bonds. The van der Waals surface area contributed by atoms with E-state index in [0.717, 1.165) is 66.7 Å². The van der Waals surface area contributed by atoms with Gasteiger partial charge in [-0.25, -0.2) is 9.69 Å². The molecule has 7 aliphatic rings. The molecule has 4 fully saturated rings. The molecule has 0 unspecified atom stereocenters. The molecule has 5 aromatic carbocycles. The van der Waals surface area contributed by atoms with Gasteiger partial charge in [-0.1, -0.05) is 80.3 Å². The van der Waals surface area contributed by atoms with E-state index in [1.807, 2.05) is 60.7 Å². The van der Waals surface area contributed by atoms with Gasteiger partial charge in [-0.3, -0.25) is 38.4 Å². The van der Waals surface area contributed by atoms with Crippen LogP contribution in [0.3, 0.4) is 0 Å². The molecule has 5 aliphatic heterocycles. The monoisotopic (exact) mass is 1350 g/mol. The van der Waals surface area contributed by atoms with Gasteiger partial charge in [0.05, 0.1) is 69.5 Å². The number of aliphatic hydroxyl groups is 1. The molecule has 21 heteroatoms. The number of nitrogens with one attached hydrogen (secondary N) is 2. The summed E-state index contributed by atoms with van der Waals surface area (Å²) in [5, 5.41) is 17.5. The number of hydrogen-bond acceptors (Lipinski definition) is 15. The second-order valence-corrected chi connectivity index (χ2v) is 28.3. The fraction of sp³-hybridized carbons (Fsp3) is 0.474. The lowest BCUT2D eigenvalue weighted by Gasteiger charge is -2.31. The molecule has 0 bridgehead atoms. The molecule has 0 radical (unpaired) electrons. The normalized spacial score (nSPS) is 19.2. The Morgan fingerprint density at radius 3 is 1.99 bits per heavy atom. The van der Waals surface area contributed by atoms with Crippen molar-refractivity contribution in [3.8, 4) is 34.8 Å². The minimum Gasteiger partial charge on any atom is -0.493 e. The number of unbranched alkanes of at least 4 members (excludes halogenated alkanes) is 2. The van der Waals surface area contributed by atoms with E-state index in [1.54, 1.807) is 74.1 Å². The van der Waals surface area contributed by atoms with Gasteiger partial charge >= 0.3 is 6.09 Å². The van der Waals surface area contributed by atoms with E-state index in [-0.39, 0.29) is 128 Å². The SMILES string of the molecule is COc1cc2c(cc1OCCCCCOc1cc3c(cc1OC)C(=O)N1CC4(CC4)C[C@H]1[C@H](O)N3C(=O)OCc1ccc(CC(=O)[C@H](C)NC(=O)[C@@H](CC(=O)CNC(=O)CCC(=O)CCC(=O)N3Cc4ccccc4C#Cc4ccccc43)C(C)C)cc1)CC[C@@H]1CC3(CC3)CN1C2=O. The summed E-state index contributed by atoms with van der Waals surface area (Å²) in [5.74, 6) is 4.48. The molecule has 99 heavy (non-hydrogen) atoms. The zero-order valence-corrected chi connectivity index (χ0v) is 57.1. The first-order valence-corrected chi connectivity index (χ1v) is 34.9. The molecular formula is C78H88N6O15. The minimum absolute atomic E-state index is 0.0441. The number of carbonyl (C=O) groups is 9. The fourth-order valence-electron chi connectivity index (χ4n) is 14.6. The first-order chi connectivity index (χ1) is 47.7. The van der Waals surface area contributed by atoms with Crippen LogP contribution in [-0.4, -0.2) is 139 Å². The zero-order chi connectivity index (χ0) is 69.7. The molecule has 2 saturated heterocycles. The van der Waals surface area contributed by atoms with Crippen LogP contribution in [0.1, 0.15) is 171 Å². The molecule has 0 aromatic heterocycles. The van der Waals surface area contributed by atoms with Gasteiger partial charge in [0.15, 0.2) is 40.8 Å². The molecule has 12 rings (SSSR count). The van der Waals surface area contributed by atoms with Crippen molar-refractivity contribution in [1.29, 1.82) is 0 Å². The average molecular weight is 1350 g/mol. The van der Waals surface area contributed by atoms with Crippen LogP contribution < -0.4 is 39.4 Å². The highest BCUT2D eigenvalue weighted by atomic mass is 16.6. The summed E-state index contributed by atoms with van der Waals surface area (Å²) in [5.41, 5.74) is 6.47. The van der Waals surface area contributed by atoms with Crippen LogP contribution in [0.25, 0.3) is 0 Å². The van der Waals surface area contributed by atoms with E-state index in [9.17, 15) is 48.3 Å². The smallest absolute Gasteiger partial charge is 0.416 e. The van der Waals surface area contributed by atoms with Gasteiger partial charge in [0.1, 0.15) is 12.4 Å². The van der Waals surface area contributed by atoms with Gasteiger partial charge in [-0.05, 0) is 153 Å². The molecule has 2 spiro atoms. The average Bonchev–Trinajstić information content (AvgIpc) is 1.58. The number of carbonyl (C=O) groups excluding carboxylic acids is 9. The number of ether oxygens (including phenoxy) is 5. The van der Waals surface area contributed by atoms with Gasteiger partial charge in [-0.2, -0.15) is 0 Å². The van der Waals surface area contributed by atoms with Crippen LogP contribution in [-0.2, 0) is 59.5 Å². The first kappa shape index (κ1) is 69.4. The Kier molecular flexibility index (Phi) is 20.9. The number of rotatable bonds is 28. The molecule has 520 valence electrons. The molecule has 5 heterocycles. The zero-order valence-electron chi connectivity index (χ0n) is 57.1. The van der Waals surface area contributed by atoms with Crippen LogP contribution in [0.5, 0.6) is 23.0 Å². The molecule has 5 aromatic rings. The van der Waals surface area contributed by atoms with Gasteiger partial charge in [0, 0.05) is 86.3 Å². The first-order valence-electron chi connectivity index (χ1n) is 34.9. The number of aryl methyl sites for hydroxylation is 1. The molecule has 21 nitrogen and oxygen atoms in total. The number of ketones is 3. The second-order valence-electron chi connectivity index (χ2n) is 28.3. The van der Waals surface area contributed by atoms with Gasteiger partial charge in [0.25, 0.3) is 11.8 Å². The Morgan fingerprint density at radius 2 is 1.28 bits per heavy atom. The summed E-state index contributed by atoms with van der Waals surface area (Å²) in [6.07, 6.45) is 6.68. The van der Waals surface area contributed by atoms with Crippen molar-refractivity contribution in [1.82, 2.24) is 20.4 Å². The lowest BCUT2D eigenvalue weighted by molar-refractivity contribution is -0.133. The van der Waals surface area contributed by atoms with E-state index in [1.165, 1.54) is 20.0 Å². The predicted octanol–water partition coefficient (Wildman–Crippen LogP) is 9.78. The van der Waals surface area contributed by atoms with Crippen LogP contribution in [0, 0.1) is 34.5 Å². The molecular weight excluding hydrogens is 1260 g/mol. The third-order valence-corrected chi connectivity index (χ3v) is 20.9. The molecule has 3 N–H and O–H groups in total. The standard InChI is InChI=1S/C78H88N6O15/c1-48(2)59(37-58(86)43-79-70(88)27-25-57(85)26-28-71(89)81-44-55-15-8-7-13-52(55)21-22-53-14-9-10-16-62(53)81)72(90)80-49(3)65(87)35-50-17-19-51(20-18-50)45-99-76(94)84-63-40-69(67(96-5)39-61(63)74(92)83-47-78(31-32-78)42-64(83)75(84)93)98-34-12-6-11-33-97-68-36-54-23-24-56-41-77(29-30-77)46-82(56)73(91)60(54)38-66(68)95-4/h7-10,13-20,36,38-40,48-49,56,59,64,75,93H,6,11-12,23-35,37,41-47H2,1-5H3,(H,79,88)(H,80,90)/t49-,56+,59-,64-,75-/m0/s1. The van der Waals surface area contributed by atoms with E-state index >= 15 is 0 Å². The summed E-state index contributed by atoms with van der Waals surface area (Å²) in [7, 11) is 3.06. The molecule has 2 aliphatic carbocycles. The number of methoxy groups -OCH3 is 2. The van der Waals surface area contributed by atoms with Gasteiger partial charge < -0.3 is 54.1 Å². The summed E-state index contributed by atoms with van der Waals surface area (Å²) >= 11 is 0. The molecule has 2 saturated carbocycles. The van der Waals surface area contributed by atoms with Crippen LogP contribution >= 0.6 is 0 Å². The lowest BCUT2D eigenvalue weighted by atomic mass is 9.89. The predicted molar refractivity (Wildman–Crippen MR) is 367 cm³/mol. The Morgan fingerprint density at radius 1 is 0.657 bits per heavy atom. The second kappa shape index (κ2) is 29.9. The number of nitrogens with zero attached hydrogens (tertiary/aromatic N) is 4. The van der Waals surface area contributed by atoms with Gasteiger partial charge in [0.2, 0.25) is 17.7 Å². The lowest BCUT2D eigenvalue weighted by Crippen LogP contribution is -2.50. The highest BCUT2D eigenvalue weighted by Gasteiger charge is 2.58. The summed E-state index contributed by atoms with van der Waals surface area (Å²) < 4.78 is 30.0. The fourth-order valence-corrected chi connectivity index (χ4v) is 14.6. The van der Waals surface area contributed by atoms with Crippen LogP contribution in [0.15, 0.2) is 97.1 Å². The highest BCUT2D eigenvalue weighted by molar-refractivity contribution is 6.06. The molecule has 5 atom stereocenters. The number of anilines is 2. The van der Waals surface area contributed by atoms with Crippen molar-refractivity contribution in [3.63, 3.8) is 0 Å². The maximum absolute atomic E-state index is 14.5. The third-order valence-electron chi connectivity index (χ3n) is 20.9. The Hall–Kier alpha value is -9.55. The van der Waals surface area contributed by atoms with Crippen molar-refractivity contribution in [2.75, 3.05) is 56.9 Å². The van der Waals surface area contributed by atoms with Crippen LogP contribution in [0.2, 0.25) is 0 Å². The van der Waals surface area contributed by atoms with Crippen molar-refractivity contribution in [2.24, 2.45) is 22.7 Å². The van der Waals surface area contributed by atoms with E-state index in [0.29, 0.717) is 83.8 Å². The Bertz CT molecular complexity index is 4030. The van der Waals surface area contributed by atoms with E-state index in [2.05, 4.69) is 27.4 Å². The number of aliphatic hydroxyl groups excluding tert-OH is 1. The maximum atomic E-state index is 14.5. The van der Waals surface area contributed by atoms with Crippen molar-refractivity contribution >= 4 is 64.4 Å². The highest BCUT2D eigenvalue weighted by Crippen LogP contribution is 2.58. The van der Waals surface area contributed by atoms with Crippen LogP contribution in [0.4, 0.5) is 16.2 Å². The van der Waals surface area contributed by atoms with E-state index < -0.39 is 47.9 Å². The van der Waals surface area contributed by atoms with Crippen molar-refractivity contribution in [3.05, 3.63) is 142 Å². The summed E-state index contributed by atoms with van der Waals surface area (Å²) in [6, 6.07) is 27.4. The number of hydrogen-bond donors (Lipinski definition) is 3. The third kappa shape index (κ3) is 15.8. The maximum Gasteiger partial charge on any atom is 0.416 e. The van der Waals surface area contributed by atoms with Gasteiger partial charge in [-0.15, -0.1) is 0 Å². The number of fused-ring (bicyclic) bond motifs is 6. The number of para-hydroxylation sites is 1. The summed E-state index contributed by atoms with van der Waals surface area (Å²) in [4.78, 5) is 129. The topological polar surface area (TPSA) is 257 Å². The summed E-state index contributed by atoms with van der Waals surface area (Å²) in [6.45, 7) is 6.85. The number of benzene rings is 5. The van der Waals surface area contributed by atoms with E-state index in [4.69, 9.17) is 23.7 Å². The minimum atomic E-state index is -1.45. The number of Topliss-reactive ketones (excluding diaryl/α,β-unsaturated/α-hetero) is 3. The Labute approximate surface area is 577 Å². The van der Waals surface area contributed by atoms with Crippen molar-refractivity contribution < 1.29 is 71.9 Å². The van der Waals surface area contributed by atoms with Crippen molar-refractivity contribution in [2.45, 2.75) is 167 Å². The quantitative estimate of drug-likeness (QED) is 0.0311. The largest absolute Gasteiger partial charge is 0.493 e.